The topological polar surface area (TPSA) is 37.4 Å². The van der Waals surface area contributed by atoms with Crippen LogP contribution in [0.5, 0.6) is 0 Å². The van der Waals surface area contributed by atoms with E-state index in [0.717, 1.165) is 11.3 Å². The number of para-hydroxylation sites is 1. The first kappa shape index (κ1) is 17.8. The van der Waals surface area contributed by atoms with Gasteiger partial charge < -0.3 is 4.90 Å². The van der Waals surface area contributed by atoms with Crippen LogP contribution in [0.25, 0.3) is 0 Å². The Hall–Kier alpha value is -1.51. The average molecular weight is 346 g/mol. The van der Waals surface area contributed by atoms with E-state index in [1.165, 1.54) is 11.8 Å². The van der Waals surface area contributed by atoms with Crippen LogP contribution in [0.15, 0.2) is 24.3 Å². The molecule has 0 spiro atoms. The number of hydrogen-bond acceptors (Lipinski definition) is 3. The maximum absolute atomic E-state index is 12.4. The van der Waals surface area contributed by atoms with Gasteiger partial charge >= 0.3 is 0 Å². The van der Waals surface area contributed by atoms with Crippen molar-refractivity contribution >= 4 is 36.5 Å². The second-order valence-electron chi connectivity index (χ2n) is 6.89. The maximum atomic E-state index is 12.4. The van der Waals surface area contributed by atoms with E-state index < -0.39 is 8.07 Å². The van der Waals surface area contributed by atoms with Crippen molar-refractivity contribution in [2.45, 2.75) is 33.0 Å². The van der Waals surface area contributed by atoms with Gasteiger partial charge in [0.05, 0.1) is 5.69 Å². The Morgan fingerprint density at radius 1 is 1.35 bits per heavy atom. The monoisotopic (exact) mass is 345 g/mol. The van der Waals surface area contributed by atoms with Crippen molar-refractivity contribution in [3.8, 4) is 11.5 Å². The van der Waals surface area contributed by atoms with Crippen LogP contribution in [0.2, 0.25) is 19.6 Å². The van der Waals surface area contributed by atoms with Gasteiger partial charge in [-0.25, -0.2) is 0 Å². The molecule has 0 aromatic heterocycles. The molecule has 1 aliphatic heterocycles. The van der Waals surface area contributed by atoms with Crippen LogP contribution in [0.1, 0.15) is 18.9 Å². The number of rotatable bonds is 3. The van der Waals surface area contributed by atoms with Crippen molar-refractivity contribution in [3.63, 3.8) is 0 Å². The Labute approximate surface area is 143 Å². The van der Waals surface area contributed by atoms with E-state index in [9.17, 15) is 9.59 Å². The van der Waals surface area contributed by atoms with E-state index in [0.29, 0.717) is 18.7 Å². The van der Waals surface area contributed by atoms with Crippen molar-refractivity contribution < 1.29 is 9.59 Å². The molecular weight excluding hydrogens is 322 g/mol. The zero-order chi connectivity index (χ0) is 17.0. The molecule has 0 saturated carbocycles. The fourth-order valence-electron chi connectivity index (χ4n) is 2.43. The number of anilines is 1. The van der Waals surface area contributed by atoms with Crippen LogP contribution in [-0.2, 0) is 9.59 Å². The summed E-state index contributed by atoms with van der Waals surface area (Å²) in [7, 11) is -1.46. The minimum absolute atomic E-state index is 0.109. The van der Waals surface area contributed by atoms with Crippen molar-refractivity contribution in [2.24, 2.45) is 5.92 Å². The number of hydrogen-bond donors (Lipinski definition) is 0. The van der Waals surface area contributed by atoms with E-state index in [4.69, 9.17) is 0 Å². The predicted molar refractivity (Wildman–Crippen MR) is 100 cm³/mol. The summed E-state index contributed by atoms with van der Waals surface area (Å²) >= 11 is 1.31. The Morgan fingerprint density at radius 3 is 2.70 bits per heavy atom. The molecule has 1 unspecified atom stereocenters. The SMILES string of the molecule is CC(=O)SCC1CC(=O)N(c2ccccc2C#C[Si](C)(C)C)C1. The molecule has 1 saturated heterocycles. The van der Waals surface area contributed by atoms with Crippen LogP contribution in [0.3, 0.4) is 0 Å². The predicted octanol–water partition coefficient (Wildman–Crippen LogP) is 3.55. The standard InChI is InChI=1S/C18H23NO2SSi/c1-14(20)22-13-15-11-18(21)19(12-15)17-8-6-5-7-16(17)9-10-23(2,3)4/h5-8,15H,11-13H2,1-4H3. The third-order valence-corrected chi connectivity index (χ3v) is 5.41. The van der Waals surface area contributed by atoms with Gasteiger partial charge in [0, 0.05) is 31.2 Å². The molecule has 1 heterocycles. The van der Waals surface area contributed by atoms with E-state index in [2.05, 4.69) is 31.1 Å². The molecule has 1 aromatic rings. The maximum Gasteiger partial charge on any atom is 0.227 e. The van der Waals surface area contributed by atoms with Crippen molar-refractivity contribution in [1.29, 1.82) is 0 Å². The normalized spacial score (nSPS) is 17.8. The highest BCUT2D eigenvalue weighted by Gasteiger charge is 2.31. The minimum Gasteiger partial charge on any atom is -0.311 e. The molecular formula is C18H23NO2SSi. The molecule has 122 valence electrons. The molecule has 1 amide bonds. The zero-order valence-corrected chi connectivity index (χ0v) is 16.0. The summed E-state index contributed by atoms with van der Waals surface area (Å²) in [6, 6.07) is 7.85. The molecule has 0 bridgehead atoms. The van der Waals surface area contributed by atoms with Crippen molar-refractivity contribution in [3.05, 3.63) is 29.8 Å². The lowest BCUT2D eigenvalue weighted by Crippen LogP contribution is -2.25. The quantitative estimate of drug-likeness (QED) is 0.621. The Bertz CT molecular complexity index is 670. The Kier molecular flexibility index (Phi) is 5.72. The molecule has 23 heavy (non-hydrogen) atoms. The summed E-state index contributed by atoms with van der Waals surface area (Å²) in [5, 5.41) is 0.109. The molecule has 0 N–H and O–H groups in total. The van der Waals surface area contributed by atoms with Crippen molar-refractivity contribution in [1.82, 2.24) is 0 Å². The van der Waals surface area contributed by atoms with Gasteiger partial charge in [0.1, 0.15) is 8.07 Å². The first-order valence-corrected chi connectivity index (χ1v) is 12.3. The number of carbonyl (C=O) groups is 2. The van der Waals surface area contributed by atoms with E-state index >= 15 is 0 Å². The molecule has 1 atom stereocenters. The van der Waals surface area contributed by atoms with Gasteiger partial charge in [-0.3, -0.25) is 9.59 Å². The number of amides is 1. The molecule has 3 nitrogen and oxygen atoms in total. The summed E-state index contributed by atoms with van der Waals surface area (Å²) in [6.07, 6.45) is 0.510. The summed E-state index contributed by atoms with van der Waals surface area (Å²) in [5.74, 6) is 4.34. The lowest BCUT2D eigenvalue weighted by atomic mass is 10.1. The number of benzene rings is 1. The highest BCUT2D eigenvalue weighted by Crippen LogP contribution is 2.29. The first-order chi connectivity index (χ1) is 10.8. The molecule has 0 radical (unpaired) electrons. The highest BCUT2D eigenvalue weighted by molar-refractivity contribution is 8.13. The number of nitrogens with zero attached hydrogens (tertiary/aromatic N) is 1. The van der Waals surface area contributed by atoms with Crippen LogP contribution >= 0.6 is 11.8 Å². The lowest BCUT2D eigenvalue weighted by Gasteiger charge is -2.18. The first-order valence-electron chi connectivity index (χ1n) is 7.82. The second-order valence-corrected chi connectivity index (χ2v) is 12.8. The second kappa shape index (κ2) is 7.37. The van der Waals surface area contributed by atoms with Crippen LogP contribution < -0.4 is 4.90 Å². The largest absolute Gasteiger partial charge is 0.311 e. The Balaban J connectivity index is 2.20. The van der Waals surface area contributed by atoms with Gasteiger partial charge in [0.25, 0.3) is 0 Å². The number of thioether (sulfide) groups is 1. The minimum atomic E-state index is -1.46. The summed E-state index contributed by atoms with van der Waals surface area (Å²) < 4.78 is 0. The summed E-state index contributed by atoms with van der Waals surface area (Å²) in [6.45, 7) is 8.86. The lowest BCUT2D eigenvalue weighted by molar-refractivity contribution is -0.117. The highest BCUT2D eigenvalue weighted by atomic mass is 32.2. The van der Waals surface area contributed by atoms with Gasteiger partial charge in [0.2, 0.25) is 5.91 Å². The van der Waals surface area contributed by atoms with Gasteiger partial charge in [-0.05, 0) is 18.1 Å². The van der Waals surface area contributed by atoms with Gasteiger partial charge in [-0.1, -0.05) is 49.5 Å². The van der Waals surface area contributed by atoms with E-state index in [1.54, 1.807) is 6.92 Å². The molecule has 1 fully saturated rings. The third-order valence-electron chi connectivity index (χ3n) is 3.49. The van der Waals surface area contributed by atoms with Crippen LogP contribution in [0.4, 0.5) is 5.69 Å². The van der Waals surface area contributed by atoms with Gasteiger partial charge in [-0.15, -0.1) is 5.54 Å². The van der Waals surface area contributed by atoms with Gasteiger partial charge in [-0.2, -0.15) is 0 Å². The van der Waals surface area contributed by atoms with Gasteiger partial charge in [0.15, 0.2) is 5.12 Å². The summed E-state index contributed by atoms with van der Waals surface area (Å²) in [5.41, 5.74) is 5.19. The molecule has 1 aromatic carbocycles. The fourth-order valence-corrected chi connectivity index (χ4v) is 3.63. The number of carbonyl (C=O) groups excluding carboxylic acids is 2. The molecule has 2 rings (SSSR count). The average Bonchev–Trinajstić information content (AvgIpc) is 2.83. The van der Waals surface area contributed by atoms with Crippen molar-refractivity contribution in [2.75, 3.05) is 17.2 Å². The Morgan fingerprint density at radius 2 is 2.04 bits per heavy atom. The smallest absolute Gasteiger partial charge is 0.227 e. The molecule has 5 heteroatoms. The zero-order valence-electron chi connectivity index (χ0n) is 14.2. The molecule has 1 aliphatic rings. The van der Waals surface area contributed by atoms with Crippen LogP contribution in [0, 0.1) is 17.4 Å². The van der Waals surface area contributed by atoms with E-state index in [-0.39, 0.29) is 16.9 Å². The summed E-state index contributed by atoms with van der Waals surface area (Å²) in [4.78, 5) is 25.3. The van der Waals surface area contributed by atoms with E-state index in [1.807, 2.05) is 29.2 Å². The third kappa shape index (κ3) is 5.26. The molecule has 0 aliphatic carbocycles. The fraction of sp³-hybridized carbons (Fsp3) is 0.444. The van der Waals surface area contributed by atoms with Crippen LogP contribution in [-0.4, -0.2) is 31.4 Å².